The van der Waals surface area contributed by atoms with Crippen LogP contribution in [-0.4, -0.2) is 194 Å². The van der Waals surface area contributed by atoms with Crippen molar-refractivity contribution in [2.45, 2.75) is 250 Å². The van der Waals surface area contributed by atoms with Gasteiger partial charge in [-0.25, -0.2) is 12.5 Å². The molecule has 0 spiro atoms. The summed E-state index contributed by atoms with van der Waals surface area (Å²) in [6.07, 6.45) is -9.01. The Morgan fingerprint density at radius 3 is 1.68 bits per heavy atom. The van der Waals surface area contributed by atoms with Crippen molar-refractivity contribution in [3.8, 4) is 0 Å². The lowest BCUT2D eigenvalue weighted by atomic mass is 9.73. The minimum absolute atomic E-state index is 0.0145. The maximum Gasteiger partial charge on any atom is 0.399 e. The second kappa shape index (κ2) is 18.2. The van der Waals surface area contributed by atoms with Crippen LogP contribution >= 0.6 is 0 Å². The van der Waals surface area contributed by atoms with E-state index in [9.17, 15) is 44.6 Å². The molecular formula is C42H66O24S3. The molecule has 5 N–H and O–H groups in total. The van der Waals surface area contributed by atoms with E-state index in [1.807, 2.05) is 0 Å². The van der Waals surface area contributed by atoms with Gasteiger partial charge < -0.3 is 57.6 Å². The largest absolute Gasteiger partial charge is 0.399 e. The Morgan fingerprint density at radius 1 is 0.536 bits per heavy atom. The van der Waals surface area contributed by atoms with Crippen LogP contribution in [0.4, 0.5) is 0 Å². The van der Waals surface area contributed by atoms with E-state index in [2.05, 4.69) is 29.1 Å². The van der Waals surface area contributed by atoms with Gasteiger partial charge in [0.25, 0.3) is 0 Å². The molecule has 0 unspecified atom stereocenters. The van der Waals surface area contributed by atoms with E-state index >= 15 is 0 Å². The van der Waals surface area contributed by atoms with Crippen LogP contribution in [0, 0.1) is 5.92 Å². The van der Waals surface area contributed by atoms with Gasteiger partial charge in [-0.2, -0.15) is 25.3 Å². The number of hydrogen-bond donors (Lipinski definition) is 5. The van der Waals surface area contributed by atoms with Crippen LogP contribution in [-0.2, 0) is 91.1 Å². The summed E-state index contributed by atoms with van der Waals surface area (Å²) in [6, 6.07) is 0. The minimum atomic E-state index is -4.99. The lowest BCUT2D eigenvalue weighted by Crippen LogP contribution is -2.73. The molecule has 10 fully saturated rings. The van der Waals surface area contributed by atoms with Gasteiger partial charge in [0.05, 0.1) is 109 Å². The molecule has 0 aromatic carbocycles. The molecular weight excluding hydrogens is 985 g/mol. The smallest absolute Gasteiger partial charge is 0.388 e. The Morgan fingerprint density at radius 2 is 1.06 bits per heavy atom. The molecule has 0 aromatic rings. The first kappa shape index (κ1) is 51.6. The van der Waals surface area contributed by atoms with Gasteiger partial charge in [-0.1, -0.05) is 6.92 Å². The fraction of sp³-hybridized carbons (Fsp3) is 1.00. The summed E-state index contributed by atoms with van der Waals surface area (Å²) in [5.41, 5.74) is -4.41. The second-order valence-corrected chi connectivity index (χ2v) is 25.0. The topological polar surface area (TPSA) is 324 Å². The van der Waals surface area contributed by atoms with Crippen molar-refractivity contribution in [1.82, 2.24) is 0 Å². The van der Waals surface area contributed by atoms with E-state index in [1.54, 1.807) is 0 Å². The van der Waals surface area contributed by atoms with Crippen LogP contribution in [0.15, 0.2) is 0 Å². The van der Waals surface area contributed by atoms with Crippen molar-refractivity contribution in [2.75, 3.05) is 6.61 Å². The molecule has 10 saturated heterocycles. The van der Waals surface area contributed by atoms with Crippen LogP contribution in [0.3, 0.4) is 0 Å². The second-order valence-electron chi connectivity index (χ2n) is 21.8. The highest BCUT2D eigenvalue weighted by molar-refractivity contribution is 7.81. The molecule has 10 heterocycles. The number of ether oxygens (including phenoxy) is 10. The zero-order valence-electron chi connectivity index (χ0n) is 39.0. The average Bonchev–Trinajstić information content (AvgIpc) is 3.35. The van der Waals surface area contributed by atoms with Crippen molar-refractivity contribution in [3.05, 3.63) is 0 Å². The summed E-state index contributed by atoms with van der Waals surface area (Å²) in [6.45, 7) is 8.74. The number of hydrogen-bond acceptors (Lipinski definition) is 21. The van der Waals surface area contributed by atoms with E-state index in [0.717, 1.165) is 0 Å². The van der Waals surface area contributed by atoms with Crippen molar-refractivity contribution >= 4 is 31.2 Å². The maximum absolute atomic E-state index is 11.9. The van der Waals surface area contributed by atoms with Gasteiger partial charge in [0, 0.05) is 51.4 Å². The lowest BCUT2D eigenvalue weighted by Gasteiger charge is -2.59. The maximum atomic E-state index is 11.9. The van der Waals surface area contributed by atoms with Crippen molar-refractivity contribution in [1.29, 1.82) is 0 Å². The summed E-state index contributed by atoms with van der Waals surface area (Å²) in [5, 5.41) is 22.5. The minimum Gasteiger partial charge on any atom is -0.388 e. The molecule has 0 aliphatic carbocycles. The number of aliphatic hydroxyl groups is 2. The van der Waals surface area contributed by atoms with Gasteiger partial charge in [-0.3, -0.25) is 13.7 Å². The molecule has 24 nitrogen and oxygen atoms in total. The van der Waals surface area contributed by atoms with E-state index in [1.165, 1.54) is 13.8 Å². The highest BCUT2D eigenvalue weighted by Crippen LogP contribution is 2.53. The van der Waals surface area contributed by atoms with Gasteiger partial charge in [-0.05, 0) is 59.3 Å². The monoisotopic (exact) mass is 1050 g/mol. The summed E-state index contributed by atoms with van der Waals surface area (Å²) in [4.78, 5) is 0. The lowest BCUT2D eigenvalue weighted by molar-refractivity contribution is -0.377. The van der Waals surface area contributed by atoms with E-state index in [4.69, 9.17) is 56.1 Å². The van der Waals surface area contributed by atoms with Gasteiger partial charge in [0.2, 0.25) is 6.29 Å². The molecule has 0 bridgehead atoms. The Balaban J connectivity index is 0.807. The summed E-state index contributed by atoms with van der Waals surface area (Å²) < 4.78 is 178. The Bertz CT molecular complexity index is 2260. The third-order valence-electron chi connectivity index (χ3n) is 17.0. The first-order valence-electron chi connectivity index (χ1n) is 24.0. The predicted molar refractivity (Wildman–Crippen MR) is 228 cm³/mol. The zero-order chi connectivity index (χ0) is 49.4. The van der Waals surface area contributed by atoms with Crippen LogP contribution in [0.1, 0.15) is 112 Å². The molecule has 0 aromatic heterocycles. The van der Waals surface area contributed by atoms with Crippen LogP contribution in [0.5, 0.6) is 0 Å². The standard InChI is InChI=1S/C42H66O24S3/c1-19-6-8-40(3)32(59-29-16-30-36(61-35(19)29)37(44)42(5)34(60-30)12-20(43)38(63-42)65-69(51,52)53)18-31-41(4,66-40)9-7-21-22(58-31)13-24-23(55-21)14-25-26(56-24)15-28-27(57-25)17-33(64-68(48,49)50)39(2,62-28)10-11-54-67(45,46)47/h19-38,43-44H,6-18H2,1-5H3,(H,45,46,47)(H,48,49,50)(H,51,52,53)/t19-,20-,21-,22+,23+,24-,25-,26+,27+,28-,29-,30+,31-,32+,33-,34-,35+,36+,37+,38-,39+,40-,41+,42-/m0/s1. The van der Waals surface area contributed by atoms with E-state index in [-0.39, 0.29) is 49.6 Å². The van der Waals surface area contributed by atoms with Crippen molar-refractivity contribution in [3.63, 3.8) is 0 Å². The van der Waals surface area contributed by atoms with Gasteiger partial charge in [0.15, 0.2) is 0 Å². The molecule has 396 valence electrons. The number of aliphatic hydroxyl groups excluding tert-OH is 2. The van der Waals surface area contributed by atoms with Gasteiger partial charge >= 0.3 is 31.2 Å². The molecule has 27 heteroatoms. The molecule has 0 amide bonds. The quantitative estimate of drug-likeness (QED) is 0.212. The van der Waals surface area contributed by atoms with Crippen LogP contribution < -0.4 is 0 Å². The van der Waals surface area contributed by atoms with Crippen LogP contribution in [0.25, 0.3) is 0 Å². The fourth-order valence-electron chi connectivity index (χ4n) is 13.3. The Labute approximate surface area is 401 Å². The van der Waals surface area contributed by atoms with E-state index in [0.29, 0.717) is 57.8 Å². The van der Waals surface area contributed by atoms with E-state index < -0.39 is 152 Å². The summed E-state index contributed by atoms with van der Waals surface area (Å²) in [7, 11) is -14.7. The zero-order valence-corrected chi connectivity index (χ0v) is 41.4. The van der Waals surface area contributed by atoms with Gasteiger partial charge in [-0.15, -0.1) is 0 Å². The van der Waals surface area contributed by atoms with Gasteiger partial charge in [0.1, 0.15) is 30.0 Å². The third-order valence-corrected chi connectivity index (χ3v) is 18.4. The highest BCUT2D eigenvalue weighted by Gasteiger charge is 2.64. The fourth-order valence-corrected chi connectivity index (χ4v) is 14.5. The summed E-state index contributed by atoms with van der Waals surface area (Å²) in [5.74, 6) is -0.0398. The predicted octanol–water partition coefficient (Wildman–Crippen LogP) is 1.04. The molecule has 10 rings (SSSR count). The molecule has 24 atom stereocenters. The normalized spacial score (nSPS) is 53.3. The highest BCUT2D eigenvalue weighted by atomic mass is 32.3. The molecule has 69 heavy (non-hydrogen) atoms. The SMILES string of the molecule is C[C@H]1CC[C@]2(C)O[C@]3(C)CC[C@@H]4O[C@@H]5C[C@@H]6O[C@@H]7C[C@H](OS(=O)(=O)O)[C@@](C)(CCOS(=O)(=O)O)O[C@H]7C[C@H]6O[C@H]5C[C@H]4O[C@H]3C[C@H]2O[C@H]2C[C@H]3O[C@H]4C[C@H](O)[C@H](OS(=O)(=O)O)O[C@]4(C)[C@H](O)[C@@H]3O[C@@H]21. The third kappa shape index (κ3) is 10.2. The molecule has 10 aliphatic rings. The number of rotatable bonds is 8. The first-order chi connectivity index (χ1) is 32.1. The van der Waals surface area contributed by atoms with Crippen molar-refractivity contribution in [2.24, 2.45) is 5.92 Å². The summed E-state index contributed by atoms with van der Waals surface area (Å²) >= 11 is 0. The average molecular weight is 1050 g/mol. The van der Waals surface area contributed by atoms with Crippen LogP contribution in [0.2, 0.25) is 0 Å². The molecule has 10 aliphatic heterocycles. The first-order valence-corrected chi connectivity index (χ1v) is 28.1. The number of fused-ring (bicyclic) bond motifs is 9. The molecule has 0 radical (unpaired) electrons. The Kier molecular flexibility index (Phi) is 13.6. The molecule has 0 saturated carbocycles. The van der Waals surface area contributed by atoms with Crippen molar-refractivity contribution < 1.29 is 109 Å². The Hall–Kier alpha value is -0.870.